The molecular formula is C20H20N2O2S. The Bertz CT molecular complexity index is 854. The lowest BCUT2D eigenvalue weighted by molar-refractivity contribution is -0.119. The standard InChI is InChI=1S/C20H20N2O2S/c1-14-9-15(2)11-18(10-14)24-12-19(23)22(17-7-5-4-6-8-17)20-21-16(3)13-25-20/h4-11,13H,12H2,1-3H3. The molecule has 1 amide bonds. The lowest BCUT2D eigenvalue weighted by atomic mass is 10.1. The Kier molecular flexibility index (Phi) is 5.14. The number of rotatable bonds is 5. The molecule has 3 rings (SSSR count). The zero-order chi connectivity index (χ0) is 17.8. The molecule has 0 saturated heterocycles. The molecule has 0 bridgehead atoms. The predicted octanol–water partition coefficient (Wildman–Crippen LogP) is 4.81. The number of anilines is 2. The normalized spacial score (nSPS) is 10.5. The highest BCUT2D eigenvalue weighted by molar-refractivity contribution is 7.14. The minimum atomic E-state index is -0.153. The smallest absolute Gasteiger partial charge is 0.271 e. The van der Waals surface area contributed by atoms with Crippen LogP contribution in [0.15, 0.2) is 53.9 Å². The molecule has 25 heavy (non-hydrogen) atoms. The molecule has 0 unspecified atom stereocenters. The summed E-state index contributed by atoms with van der Waals surface area (Å²) in [6, 6.07) is 15.5. The third-order valence-corrected chi connectivity index (χ3v) is 4.56. The number of benzene rings is 2. The topological polar surface area (TPSA) is 42.4 Å². The quantitative estimate of drug-likeness (QED) is 0.661. The van der Waals surface area contributed by atoms with Crippen molar-refractivity contribution in [2.24, 2.45) is 0 Å². The van der Waals surface area contributed by atoms with Gasteiger partial charge in [-0.3, -0.25) is 9.69 Å². The van der Waals surface area contributed by atoms with Crippen molar-refractivity contribution in [3.05, 3.63) is 70.7 Å². The molecule has 0 spiro atoms. The van der Waals surface area contributed by atoms with Crippen LogP contribution < -0.4 is 9.64 Å². The molecule has 0 aliphatic carbocycles. The number of carbonyl (C=O) groups excluding carboxylic acids is 1. The second kappa shape index (κ2) is 7.49. The van der Waals surface area contributed by atoms with Crippen molar-refractivity contribution in [2.75, 3.05) is 11.5 Å². The minimum Gasteiger partial charge on any atom is -0.484 e. The highest BCUT2D eigenvalue weighted by atomic mass is 32.1. The van der Waals surface area contributed by atoms with Crippen molar-refractivity contribution >= 4 is 28.1 Å². The van der Waals surface area contributed by atoms with Crippen LogP contribution in [-0.4, -0.2) is 17.5 Å². The van der Waals surface area contributed by atoms with E-state index in [-0.39, 0.29) is 12.5 Å². The summed E-state index contributed by atoms with van der Waals surface area (Å²) in [6.45, 7) is 5.89. The number of aromatic nitrogens is 1. The number of carbonyl (C=O) groups is 1. The zero-order valence-corrected chi connectivity index (χ0v) is 15.3. The Hall–Kier alpha value is -2.66. The van der Waals surface area contributed by atoms with Gasteiger partial charge in [0.15, 0.2) is 11.7 Å². The van der Waals surface area contributed by atoms with Crippen molar-refractivity contribution in [2.45, 2.75) is 20.8 Å². The fraction of sp³-hybridized carbons (Fsp3) is 0.200. The molecule has 3 aromatic rings. The van der Waals surface area contributed by atoms with Crippen molar-refractivity contribution in [3.63, 3.8) is 0 Å². The Labute approximate surface area is 151 Å². The van der Waals surface area contributed by atoms with Gasteiger partial charge < -0.3 is 4.74 Å². The summed E-state index contributed by atoms with van der Waals surface area (Å²) in [6.07, 6.45) is 0. The maximum Gasteiger partial charge on any atom is 0.271 e. The van der Waals surface area contributed by atoms with Crippen LogP contribution in [0.2, 0.25) is 0 Å². The van der Waals surface area contributed by atoms with Gasteiger partial charge in [-0.15, -0.1) is 11.3 Å². The third kappa shape index (κ3) is 4.25. The van der Waals surface area contributed by atoms with Crippen molar-refractivity contribution < 1.29 is 9.53 Å². The molecule has 0 aliphatic rings. The first-order valence-electron chi connectivity index (χ1n) is 8.04. The summed E-state index contributed by atoms with van der Waals surface area (Å²) in [4.78, 5) is 18.9. The van der Waals surface area contributed by atoms with Gasteiger partial charge >= 0.3 is 0 Å². The van der Waals surface area contributed by atoms with Gasteiger partial charge in [-0.1, -0.05) is 24.3 Å². The summed E-state index contributed by atoms with van der Waals surface area (Å²) in [5, 5.41) is 2.58. The largest absolute Gasteiger partial charge is 0.484 e. The van der Waals surface area contributed by atoms with E-state index < -0.39 is 0 Å². The number of ether oxygens (including phenoxy) is 1. The van der Waals surface area contributed by atoms with E-state index in [1.165, 1.54) is 11.3 Å². The summed E-state index contributed by atoms with van der Waals surface area (Å²) >= 11 is 1.45. The Morgan fingerprint density at radius 1 is 1.08 bits per heavy atom. The second-order valence-corrected chi connectivity index (χ2v) is 6.78. The summed E-state index contributed by atoms with van der Waals surface area (Å²) in [5.74, 6) is 0.550. The summed E-state index contributed by atoms with van der Waals surface area (Å²) in [5.41, 5.74) is 3.89. The number of aryl methyl sites for hydroxylation is 3. The first kappa shape index (κ1) is 17.2. The summed E-state index contributed by atoms with van der Waals surface area (Å²) < 4.78 is 5.75. The Morgan fingerprint density at radius 2 is 1.76 bits per heavy atom. The van der Waals surface area contributed by atoms with Crippen LogP contribution in [0.25, 0.3) is 0 Å². The van der Waals surface area contributed by atoms with Crippen LogP contribution >= 0.6 is 11.3 Å². The van der Waals surface area contributed by atoms with E-state index in [1.54, 1.807) is 4.90 Å². The molecule has 0 fully saturated rings. The van der Waals surface area contributed by atoms with Gasteiger partial charge in [-0.05, 0) is 56.2 Å². The molecule has 0 N–H and O–H groups in total. The van der Waals surface area contributed by atoms with Crippen LogP contribution in [0.4, 0.5) is 10.8 Å². The molecule has 4 nitrogen and oxygen atoms in total. The van der Waals surface area contributed by atoms with Crippen molar-refractivity contribution in [1.29, 1.82) is 0 Å². The molecule has 5 heteroatoms. The van der Waals surface area contributed by atoms with Crippen molar-refractivity contribution in [3.8, 4) is 5.75 Å². The lowest BCUT2D eigenvalue weighted by Crippen LogP contribution is -2.30. The molecular weight excluding hydrogens is 332 g/mol. The monoisotopic (exact) mass is 352 g/mol. The summed E-state index contributed by atoms with van der Waals surface area (Å²) in [7, 11) is 0. The number of hydrogen-bond donors (Lipinski definition) is 0. The molecule has 0 saturated carbocycles. The van der Waals surface area contributed by atoms with Crippen LogP contribution in [0.3, 0.4) is 0 Å². The fourth-order valence-electron chi connectivity index (χ4n) is 2.61. The zero-order valence-electron chi connectivity index (χ0n) is 14.5. The molecule has 2 aromatic carbocycles. The molecule has 128 valence electrons. The van der Waals surface area contributed by atoms with Crippen molar-refractivity contribution in [1.82, 2.24) is 4.98 Å². The molecule has 1 heterocycles. The first-order chi connectivity index (χ1) is 12.0. The number of thiazole rings is 1. The average molecular weight is 352 g/mol. The Morgan fingerprint density at radius 3 is 2.36 bits per heavy atom. The average Bonchev–Trinajstić information content (AvgIpc) is 2.99. The van der Waals surface area contributed by atoms with Crippen LogP contribution in [-0.2, 0) is 4.79 Å². The first-order valence-corrected chi connectivity index (χ1v) is 8.92. The lowest BCUT2D eigenvalue weighted by Gasteiger charge is -2.20. The van der Waals surface area contributed by atoms with E-state index in [0.29, 0.717) is 10.9 Å². The van der Waals surface area contributed by atoms with E-state index in [0.717, 1.165) is 22.5 Å². The number of hydrogen-bond acceptors (Lipinski definition) is 4. The van der Waals surface area contributed by atoms with Gasteiger partial charge in [0, 0.05) is 5.38 Å². The van der Waals surface area contributed by atoms with Gasteiger partial charge in [0.2, 0.25) is 0 Å². The van der Waals surface area contributed by atoms with E-state index in [1.807, 2.05) is 68.6 Å². The predicted molar refractivity (Wildman–Crippen MR) is 102 cm³/mol. The SMILES string of the molecule is Cc1cc(C)cc(OCC(=O)N(c2ccccc2)c2nc(C)cs2)c1. The molecule has 0 atom stereocenters. The third-order valence-electron chi connectivity index (χ3n) is 3.62. The number of amides is 1. The number of nitrogens with zero attached hydrogens (tertiary/aromatic N) is 2. The maximum atomic E-state index is 12.9. The Balaban J connectivity index is 1.82. The van der Waals surface area contributed by atoms with E-state index >= 15 is 0 Å². The second-order valence-electron chi connectivity index (χ2n) is 5.95. The van der Waals surface area contributed by atoms with Gasteiger partial charge in [0.05, 0.1) is 11.4 Å². The van der Waals surface area contributed by atoms with Crippen LogP contribution in [0, 0.1) is 20.8 Å². The van der Waals surface area contributed by atoms with Gasteiger partial charge in [-0.25, -0.2) is 4.98 Å². The van der Waals surface area contributed by atoms with E-state index in [9.17, 15) is 4.79 Å². The van der Waals surface area contributed by atoms with E-state index in [2.05, 4.69) is 11.1 Å². The minimum absolute atomic E-state index is 0.0452. The highest BCUT2D eigenvalue weighted by Gasteiger charge is 2.21. The van der Waals surface area contributed by atoms with Gasteiger partial charge in [0.25, 0.3) is 5.91 Å². The maximum absolute atomic E-state index is 12.9. The van der Waals surface area contributed by atoms with Crippen LogP contribution in [0.1, 0.15) is 16.8 Å². The van der Waals surface area contributed by atoms with Gasteiger partial charge in [0.1, 0.15) is 5.75 Å². The van der Waals surface area contributed by atoms with E-state index in [4.69, 9.17) is 4.74 Å². The van der Waals surface area contributed by atoms with Crippen LogP contribution in [0.5, 0.6) is 5.75 Å². The highest BCUT2D eigenvalue weighted by Crippen LogP contribution is 2.28. The molecule has 0 aliphatic heterocycles. The number of para-hydroxylation sites is 1. The fourth-order valence-corrected chi connectivity index (χ4v) is 3.45. The van der Waals surface area contributed by atoms with Gasteiger partial charge in [-0.2, -0.15) is 0 Å². The molecule has 1 aromatic heterocycles. The molecule has 0 radical (unpaired) electrons.